The molecule has 7 nitrogen and oxygen atoms in total. The van der Waals surface area contributed by atoms with E-state index in [9.17, 15) is 19.8 Å². The van der Waals surface area contributed by atoms with Crippen LogP contribution in [0.4, 0.5) is 5.69 Å². The van der Waals surface area contributed by atoms with Gasteiger partial charge >= 0.3 is 11.7 Å². The molecule has 0 bridgehead atoms. The predicted octanol–water partition coefficient (Wildman–Crippen LogP) is 3.30. The number of aromatic amines is 1. The smallest absolute Gasteiger partial charge is 0.335 e. The molecule has 1 aromatic heterocycles. The van der Waals surface area contributed by atoms with E-state index in [4.69, 9.17) is 0 Å². The van der Waals surface area contributed by atoms with Gasteiger partial charge in [-0.25, -0.2) is 9.59 Å². The van der Waals surface area contributed by atoms with Crippen molar-refractivity contribution >= 4 is 11.7 Å². The van der Waals surface area contributed by atoms with Gasteiger partial charge in [-0.2, -0.15) is 0 Å². The standard InChI is InChI=1S/C21H21N3O4/c1-21(2)10-14-8-13(19(26)27)6-7-16(14)22-18(21)12-4-3-5-15(9-12)24-11-17(25)23-20(24)28/h3-9,11,18,22,25H,10H2,1-2H3,(H,23,28)(H,26,27). The molecular formula is C21H21N3O4. The first-order chi connectivity index (χ1) is 13.2. The molecule has 3 aromatic rings. The summed E-state index contributed by atoms with van der Waals surface area (Å²) in [7, 11) is 0. The van der Waals surface area contributed by atoms with Crippen LogP contribution in [0.15, 0.2) is 53.5 Å². The lowest BCUT2D eigenvalue weighted by molar-refractivity contribution is 0.0696. The summed E-state index contributed by atoms with van der Waals surface area (Å²) in [6, 6.07) is 12.7. The molecule has 7 heteroatoms. The van der Waals surface area contributed by atoms with E-state index in [1.165, 1.54) is 10.8 Å². The number of hydrogen-bond acceptors (Lipinski definition) is 4. The molecule has 2 aromatic carbocycles. The molecule has 0 spiro atoms. The summed E-state index contributed by atoms with van der Waals surface area (Å²) in [5.41, 5.74) is 3.24. The fourth-order valence-electron chi connectivity index (χ4n) is 3.92. The van der Waals surface area contributed by atoms with Crippen molar-refractivity contribution in [3.05, 3.63) is 75.8 Å². The summed E-state index contributed by atoms with van der Waals surface area (Å²) in [5, 5.41) is 22.3. The van der Waals surface area contributed by atoms with Gasteiger partial charge in [-0.05, 0) is 53.3 Å². The average molecular weight is 379 g/mol. The van der Waals surface area contributed by atoms with Gasteiger partial charge in [0.15, 0.2) is 0 Å². The number of carboxylic acid groups (broad SMARTS) is 1. The van der Waals surface area contributed by atoms with Gasteiger partial charge in [0.25, 0.3) is 0 Å². The van der Waals surface area contributed by atoms with Crippen molar-refractivity contribution in [2.24, 2.45) is 5.41 Å². The molecule has 144 valence electrons. The molecule has 0 radical (unpaired) electrons. The summed E-state index contributed by atoms with van der Waals surface area (Å²) in [6.45, 7) is 4.25. The van der Waals surface area contributed by atoms with Crippen molar-refractivity contribution in [3.8, 4) is 11.6 Å². The fraction of sp³-hybridized carbons (Fsp3) is 0.238. The zero-order valence-corrected chi connectivity index (χ0v) is 15.6. The second-order valence-electron chi connectivity index (χ2n) is 7.83. The topological polar surface area (TPSA) is 107 Å². The number of carboxylic acids is 1. The van der Waals surface area contributed by atoms with Crippen LogP contribution >= 0.6 is 0 Å². The van der Waals surface area contributed by atoms with Crippen LogP contribution in [0.2, 0.25) is 0 Å². The number of anilines is 1. The lowest BCUT2D eigenvalue weighted by Crippen LogP contribution is -2.35. The molecule has 0 saturated heterocycles. The molecule has 1 unspecified atom stereocenters. The van der Waals surface area contributed by atoms with Gasteiger partial charge in [-0.1, -0.05) is 26.0 Å². The lowest BCUT2D eigenvalue weighted by atomic mass is 9.72. The molecule has 0 amide bonds. The van der Waals surface area contributed by atoms with Crippen LogP contribution in [0.3, 0.4) is 0 Å². The van der Waals surface area contributed by atoms with Crippen LogP contribution in [0.25, 0.3) is 5.69 Å². The average Bonchev–Trinajstić information content (AvgIpc) is 2.98. The first-order valence-corrected chi connectivity index (χ1v) is 8.98. The Morgan fingerprint density at radius 1 is 1.21 bits per heavy atom. The first kappa shape index (κ1) is 17.9. The Hall–Kier alpha value is -3.48. The number of benzene rings is 2. The van der Waals surface area contributed by atoms with Gasteiger partial charge in [-0.15, -0.1) is 0 Å². The van der Waals surface area contributed by atoms with Crippen LogP contribution in [0, 0.1) is 5.41 Å². The highest BCUT2D eigenvalue weighted by atomic mass is 16.4. The maximum Gasteiger partial charge on any atom is 0.335 e. The molecule has 0 fully saturated rings. The maximum absolute atomic E-state index is 12.0. The minimum Gasteiger partial charge on any atom is -0.493 e. The van der Waals surface area contributed by atoms with E-state index < -0.39 is 11.7 Å². The fourth-order valence-corrected chi connectivity index (χ4v) is 3.92. The highest BCUT2D eigenvalue weighted by Gasteiger charge is 2.36. The van der Waals surface area contributed by atoms with Gasteiger partial charge < -0.3 is 15.5 Å². The molecule has 4 rings (SSSR count). The molecule has 2 heterocycles. The van der Waals surface area contributed by atoms with Crippen molar-refractivity contribution in [2.75, 3.05) is 5.32 Å². The van der Waals surface area contributed by atoms with Crippen molar-refractivity contribution in [1.29, 1.82) is 0 Å². The molecule has 1 aliphatic rings. The van der Waals surface area contributed by atoms with Crippen LogP contribution < -0.4 is 11.0 Å². The minimum atomic E-state index is -0.935. The van der Waals surface area contributed by atoms with Crippen molar-refractivity contribution in [2.45, 2.75) is 26.3 Å². The number of nitrogens with one attached hydrogen (secondary N) is 2. The maximum atomic E-state index is 12.0. The Balaban J connectivity index is 1.73. The van der Waals surface area contributed by atoms with Crippen LogP contribution in [0.5, 0.6) is 5.88 Å². The van der Waals surface area contributed by atoms with Gasteiger partial charge in [0.2, 0.25) is 5.88 Å². The highest BCUT2D eigenvalue weighted by molar-refractivity contribution is 5.88. The number of carbonyl (C=O) groups is 1. The molecule has 0 saturated carbocycles. The number of fused-ring (bicyclic) bond motifs is 1. The third-order valence-electron chi connectivity index (χ3n) is 5.27. The normalized spacial score (nSPS) is 17.6. The summed E-state index contributed by atoms with van der Waals surface area (Å²) < 4.78 is 1.36. The lowest BCUT2D eigenvalue weighted by Gasteiger charge is -2.41. The molecule has 28 heavy (non-hydrogen) atoms. The van der Waals surface area contributed by atoms with Gasteiger partial charge in [0, 0.05) is 5.69 Å². The van der Waals surface area contributed by atoms with E-state index in [2.05, 4.69) is 24.1 Å². The number of H-pyrrole nitrogens is 1. The molecule has 1 aliphatic heterocycles. The Kier molecular flexibility index (Phi) is 4.03. The minimum absolute atomic E-state index is 0.0288. The molecule has 0 aliphatic carbocycles. The number of aromatic nitrogens is 2. The zero-order chi connectivity index (χ0) is 20.1. The molecular weight excluding hydrogens is 358 g/mol. The second-order valence-corrected chi connectivity index (χ2v) is 7.83. The number of rotatable bonds is 3. The van der Waals surface area contributed by atoms with Crippen molar-refractivity contribution in [3.63, 3.8) is 0 Å². The summed E-state index contributed by atoms with van der Waals surface area (Å²) in [5.74, 6) is -1.12. The Bertz CT molecular complexity index is 1130. The van der Waals surface area contributed by atoms with E-state index in [1.807, 2.05) is 18.2 Å². The number of hydrogen-bond donors (Lipinski definition) is 4. The Labute approximate surface area is 161 Å². The van der Waals surface area contributed by atoms with Crippen molar-refractivity contribution < 1.29 is 15.0 Å². The van der Waals surface area contributed by atoms with Crippen molar-refractivity contribution in [1.82, 2.24) is 9.55 Å². The third kappa shape index (κ3) is 3.05. The molecule has 4 N–H and O–H groups in total. The summed E-state index contributed by atoms with van der Waals surface area (Å²) in [4.78, 5) is 25.6. The largest absolute Gasteiger partial charge is 0.493 e. The van der Waals surface area contributed by atoms with E-state index in [0.717, 1.165) is 23.2 Å². The van der Waals surface area contributed by atoms with Gasteiger partial charge in [-0.3, -0.25) is 9.55 Å². The summed E-state index contributed by atoms with van der Waals surface area (Å²) in [6.07, 6.45) is 2.07. The SMILES string of the molecule is CC1(C)Cc2cc(C(=O)O)ccc2NC1c1cccc(-n2cc(O)[nH]c2=O)c1. The third-order valence-corrected chi connectivity index (χ3v) is 5.27. The second kappa shape index (κ2) is 6.30. The number of imidazole rings is 1. The Morgan fingerprint density at radius 2 is 2.00 bits per heavy atom. The van der Waals surface area contributed by atoms with E-state index in [0.29, 0.717) is 5.69 Å². The Morgan fingerprint density at radius 3 is 2.68 bits per heavy atom. The van der Waals surface area contributed by atoms with Gasteiger partial charge in [0.1, 0.15) is 0 Å². The predicted molar refractivity (Wildman–Crippen MR) is 105 cm³/mol. The van der Waals surface area contributed by atoms with Crippen LogP contribution in [-0.4, -0.2) is 25.7 Å². The van der Waals surface area contributed by atoms with E-state index >= 15 is 0 Å². The zero-order valence-electron chi connectivity index (χ0n) is 15.6. The summed E-state index contributed by atoms with van der Waals surface area (Å²) >= 11 is 0. The number of nitrogens with zero attached hydrogens (tertiary/aromatic N) is 1. The number of aromatic carboxylic acids is 1. The quantitative estimate of drug-likeness (QED) is 0.558. The number of aromatic hydroxyl groups is 1. The molecule has 1 atom stereocenters. The van der Waals surface area contributed by atoms with Crippen LogP contribution in [0.1, 0.15) is 41.4 Å². The van der Waals surface area contributed by atoms with E-state index in [-0.39, 0.29) is 22.9 Å². The first-order valence-electron chi connectivity index (χ1n) is 8.98. The monoisotopic (exact) mass is 379 g/mol. The van der Waals surface area contributed by atoms with Gasteiger partial charge in [0.05, 0.1) is 23.5 Å². The van der Waals surface area contributed by atoms with Crippen LogP contribution in [-0.2, 0) is 6.42 Å². The van der Waals surface area contributed by atoms with E-state index in [1.54, 1.807) is 24.3 Å². The highest BCUT2D eigenvalue weighted by Crippen LogP contribution is 2.45.